The second-order valence-corrected chi connectivity index (χ2v) is 12.9. The van der Waals surface area contributed by atoms with E-state index in [1.54, 1.807) is 12.1 Å². The molecule has 0 radical (unpaired) electrons. The second kappa shape index (κ2) is 13.1. The molecule has 2 saturated heterocycles. The lowest BCUT2D eigenvalue weighted by molar-refractivity contribution is -0.159. The summed E-state index contributed by atoms with van der Waals surface area (Å²) >= 11 is 0. The van der Waals surface area contributed by atoms with E-state index in [-0.39, 0.29) is 35.6 Å². The number of rotatable bonds is 11. The average Bonchev–Trinajstić information content (AvgIpc) is 3.58. The Kier molecular flexibility index (Phi) is 9.47. The molecule has 5 rings (SSSR count). The van der Waals surface area contributed by atoms with E-state index < -0.39 is 47.1 Å². The average molecular weight is 590 g/mol. The van der Waals surface area contributed by atoms with Gasteiger partial charge in [0.2, 0.25) is 0 Å². The number of hydroxylamine groups is 1. The highest BCUT2D eigenvalue weighted by atomic mass is 32.2. The Morgan fingerprint density at radius 3 is 2.51 bits per heavy atom. The molecule has 41 heavy (non-hydrogen) atoms. The summed E-state index contributed by atoms with van der Waals surface area (Å²) < 4.78 is 39.9. The fourth-order valence-electron chi connectivity index (χ4n) is 6.14. The molecule has 5 atom stereocenters. The van der Waals surface area contributed by atoms with Gasteiger partial charge in [0.05, 0.1) is 48.9 Å². The van der Waals surface area contributed by atoms with Gasteiger partial charge in [-0.15, -0.1) is 0 Å². The molecule has 1 aliphatic carbocycles. The molecule has 2 aromatic rings. The number of hydrogen-bond acceptors (Lipinski definition) is 8. The van der Waals surface area contributed by atoms with E-state index in [1.807, 2.05) is 30.3 Å². The lowest BCUT2D eigenvalue weighted by atomic mass is 9.93. The number of nitrogens with two attached hydrogens (primary N) is 1. The van der Waals surface area contributed by atoms with Gasteiger partial charge in [-0.3, -0.25) is 9.74 Å². The molecule has 1 saturated carbocycles. The molecule has 1 amide bonds. The van der Waals surface area contributed by atoms with E-state index in [0.29, 0.717) is 25.9 Å². The Balaban J connectivity index is 1.47. The number of aliphatic hydroxyl groups is 1. The predicted octanol–water partition coefficient (Wildman–Crippen LogP) is 3.24. The molecule has 0 bridgehead atoms. The Labute approximate surface area is 240 Å². The molecule has 2 aromatic carbocycles. The Morgan fingerprint density at radius 1 is 1.05 bits per heavy atom. The van der Waals surface area contributed by atoms with Gasteiger partial charge in [-0.25, -0.2) is 13.2 Å². The van der Waals surface area contributed by atoms with Gasteiger partial charge in [-0.2, -0.15) is 0 Å². The summed E-state index contributed by atoms with van der Waals surface area (Å²) in [7, 11) is -4.24. The van der Waals surface area contributed by atoms with E-state index in [4.69, 9.17) is 20.0 Å². The van der Waals surface area contributed by atoms with Crippen LogP contribution in [0.1, 0.15) is 44.1 Å². The molecule has 0 unspecified atom stereocenters. The van der Waals surface area contributed by atoms with Gasteiger partial charge in [-0.05, 0) is 49.4 Å². The number of hydrogen-bond donors (Lipinski definition) is 3. The summed E-state index contributed by atoms with van der Waals surface area (Å²) in [5, 5.41) is 22.2. The van der Waals surface area contributed by atoms with Crippen molar-refractivity contribution in [1.82, 2.24) is 9.37 Å². The van der Waals surface area contributed by atoms with Crippen molar-refractivity contribution in [3.05, 3.63) is 60.2 Å². The molecule has 3 fully saturated rings. The number of aliphatic hydroxyl groups excluding tert-OH is 1. The first-order chi connectivity index (χ1) is 19.7. The molecule has 2 aliphatic heterocycles. The topological polar surface area (TPSA) is 152 Å². The van der Waals surface area contributed by atoms with Crippen LogP contribution in [0.2, 0.25) is 0 Å². The summed E-state index contributed by atoms with van der Waals surface area (Å²) in [6.07, 6.45) is 1.58. The Morgan fingerprint density at radius 2 is 1.80 bits per heavy atom. The Hall–Kier alpha value is -2.74. The highest BCUT2D eigenvalue weighted by Gasteiger charge is 2.49. The minimum atomic E-state index is -4.24. The fraction of sp³-hybridized carbons (Fsp3) is 0.552. The number of amides is 1. The van der Waals surface area contributed by atoms with E-state index in [0.717, 1.165) is 29.3 Å². The maximum atomic E-state index is 13.9. The van der Waals surface area contributed by atoms with Gasteiger partial charge in [0, 0.05) is 11.6 Å². The number of ether oxygens (including phenoxy) is 2. The number of anilines is 1. The number of fused-ring (bicyclic) bond motifs is 1. The first kappa shape index (κ1) is 29.7. The summed E-state index contributed by atoms with van der Waals surface area (Å²) in [5.74, 6) is -0.179. The van der Waals surface area contributed by atoms with Crippen LogP contribution >= 0.6 is 0 Å². The van der Waals surface area contributed by atoms with Crippen LogP contribution in [0.15, 0.2) is 59.5 Å². The van der Waals surface area contributed by atoms with Crippen LogP contribution in [0.4, 0.5) is 10.5 Å². The van der Waals surface area contributed by atoms with E-state index in [2.05, 4.69) is 0 Å². The largest absolute Gasteiger partial charge is 0.465 e. The fourth-order valence-corrected chi connectivity index (χ4v) is 7.49. The third-order valence-electron chi connectivity index (χ3n) is 8.25. The van der Waals surface area contributed by atoms with Gasteiger partial charge >= 0.3 is 6.09 Å². The van der Waals surface area contributed by atoms with Gasteiger partial charge in [0.15, 0.2) is 6.29 Å². The molecular formula is C29H39N3O8S. The summed E-state index contributed by atoms with van der Waals surface area (Å²) in [6, 6.07) is 13.6. The minimum absolute atomic E-state index is 0.0645. The van der Waals surface area contributed by atoms with Gasteiger partial charge in [0.25, 0.3) is 10.0 Å². The van der Waals surface area contributed by atoms with Crippen LogP contribution < -0.4 is 5.73 Å². The molecule has 0 spiro atoms. The maximum Gasteiger partial charge on any atom is 0.407 e. The first-order valence-corrected chi connectivity index (χ1v) is 15.7. The summed E-state index contributed by atoms with van der Waals surface area (Å²) in [6.45, 7) is 0.128. The van der Waals surface area contributed by atoms with Crippen molar-refractivity contribution in [1.29, 1.82) is 0 Å². The van der Waals surface area contributed by atoms with E-state index in [1.165, 1.54) is 17.0 Å². The van der Waals surface area contributed by atoms with E-state index >= 15 is 0 Å². The number of nitrogens with zero attached hydrogens (tertiary/aromatic N) is 2. The standard InChI is InChI=1S/C29H39N3O8S/c30-21-10-7-13-23(17-21)41(36,37)31(40-22-11-5-2-6-12-22)18-27(33)25(16-20-8-3-1-4-9-20)32(29(34)35)26-19-39-28-24(26)14-15-38-28/h1,3-4,7-10,13,17,22,24-28,33H,2,5-6,11-12,14-16,18-19,30H2,(H,34,35)/t24-,25-,26-,27+,28+/m0/s1. The van der Waals surface area contributed by atoms with Crippen molar-refractivity contribution in [2.75, 3.05) is 25.5 Å². The molecule has 0 aromatic heterocycles. The molecular weight excluding hydrogens is 550 g/mol. The summed E-state index contributed by atoms with van der Waals surface area (Å²) in [5.41, 5.74) is 6.97. The highest BCUT2D eigenvalue weighted by Crippen LogP contribution is 2.36. The van der Waals surface area contributed by atoms with Crippen molar-refractivity contribution in [3.8, 4) is 0 Å². The zero-order chi connectivity index (χ0) is 29.0. The SMILES string of the molecule is Nc1cccc(S(=O)(=O)N(C[C@@H](O)[C@H](Cc2ccccc2)N(C(=O)O)[C@H]2CO[C@H]3OCC[C@H]32)OC2CCCCC2)c1. The number of carboxylic acid groups (broad SMARTS) is 1. The third-order valence-corrected chi connectivity index (χ3v) is 9.88. The lowest BCUT2D eigenvalue weighted by Crippen LogP contribution is -2.57. The predicted molar refractivity (Wildman–Crippen MR) is 150 cm³/mol. The molecule has 12 heteroatoms. The molecule has 3 aliphatic rings. The molecule has 4 N–H and O–H groups in total. The van der Waals surface area contributed by atoms with Gasteiger partial charge < -0.3 is 25.4 Å². The normalized spacial score (nSPS) is 24.7. The smallest absolute Gasteiger partial charge is 0.407 e. The second-order valence-electron chi connectivity index (χ2n) is 11.0. The van der Waals surface area contributed by atoms with Crippen LogP contribution in [-0.2, 0) is 30.8 Å². The van der Waals surface area contributed by atoms with Crippen molar-refractivity contribution in [3.63, 3.8) is 0 Å². The number of sulfonamides is 1. The third kappa shape index (κ3) is 6.85. The number of carbonyl (C=O) groups is 1. The van der Waals surface area contributed by atoms with Crippen LogP contribution in [-0.4, -0.2) is 84.4 Å². The molecule has 11 nitrogen and oxygen atoms in total. The van der Waals surface area contributed by atoms with Crippen molar-refractivity contribution >= 4 is 21.8 Å². The summed E-state index contributed by atoms with van der Waals surface area (Å²) in [4.78, 5) is 20.1. The minimum Gasteiger partial charge on any atom is -0.465 e. The van der Waals surface area contributed by atoms with Crippen molar-refractivity contribution < 1.29 is 37.7 Å². The first-order valence-electron chi connectivity index (χ1n) is 14.3. The van der Waals surface area contributed by atoms with Gasteiger partial charge in [0.1, 0.15) is 0 Å². The monoisotopic (exact) mass is 589 g/mol. The quantitative estimate of drug-likeness (QED) is 0.265. The van der Waals surface area contributed by atoms with Gasteiger partial charge in [-0.1, -0.05) is 60.1 Å². The molecule has 224 valence electrons. The van der Waals surface area contributed by atoms with Crippen molar-refractivity contribution in [2.45, 2.75) is 80.4 Å². The number of benzene rings is 2. The van der Waals surface area contributed by atoms with Crippen LogP contribution in [0.25, 0.3) is 0 Å². The zero-order valence-electron chi connectivity index (χ0n) is 23.0. The number of nitrogen functional groups attached to an aromatic ring is 1. The Bertz CT molecular complexity index is 1270. The van der Waals surface area contributed by atoms with Crippen LogP contribution in [0.5, 0.6) is 0 Å². The zero-order valence-corrected chi connectivity index (χ0v) is 23.8. The van der Waals surface area contributed by atoms with Crippen molar-refractivity contribution in [2.24, 2.45) is 5.92 Å². The highest BCUT2D eigenvalue weighted by molar-refractivity contribution is 7.89. The van der Waals surface area contributed by atoms with Crippen LogP contribution in [0.3, 0.4) is 0 Å². The molecule has 2 heterocycles. The van der Waals surface area contributed by atoms with E-state index in [9.17, 15) is 23.4 Å². The maximum absolute atomic E-state index is 13.9. The lowest BCUT2D eigenvalue weighted by Gasteiger charge is -2.39. The van der Waals surface area contributed by atoms with Crippen LogP contribution in [0, 0.1) is 5.92 Å².